The van der Waals surface area contributed by atoms with Gasteiger partial charge in [0.05, 0.1) is 31.6 Å². The lowest BCUT2D eigenvalue weighted by molar-refractivity contribution is 0.0753. The maximum Gasteiger partial charge on any atom is 0.273 e. The number of fused-ring (bicyclic) bond motifs is 3. The van der Waals surface area contributed by atoms with E-state index in [2.05, 4.69) is 25.6 Å². The topological polar surface area (TPSA) is 135 Å². The number of ether oxygens (including phenoxy) is 4. The predicted octanol–water partition coefficient (Wildman–Crippen LogP) is 1.17. The van der Waals surface area contributed by atoms with Crippen LogP contribution in [0.3, 0.4) is 0 Å². The Kier molecular flexibility index (Phi) is 5.25. The average Bonchev–Trinajstić information content (AvgIpc) is 3.23. The zero-order valence-corrected chi connectivity index (χ0v) is 17.4. The third-order valence-electron chi connectivity index (χ3n) is 4.49. The highest BCUT2D eigenvalue weighted by Crippen LogP contribution is 2.43. The fourth-order valence-corrected chi connectivity index (χ4v) is 3.07. The molecule has 4 rings (SSSR count). The van der Waals surface area contributed by atoms with E-state index in [0.29, 0.717) is 35.2 Å². The first-order chi connectivity index (χ1) is 16.7. The Morgan fingerprint density at radius 2 is 2.09 bits per heavy atom. The number of carbonyl (C=O) groups is 1. The molecule has 3 heterocycles. The first-order valence-electron chi connectivity index (χ1n) is 11.1. The molecule has 0 fully saturated rings. The van der Waals surface area contributed by atoms with Crippen molar-refractivity contribution < 1.29 is 27.9 Å². The Labute approximate surface area is 188 Å². The number of amides is 1. The Morgan fingerprint density at radius 1 is 1.25 bits per heavy atom. The van der Waals surface area contributed by atoms with Crippen LogP contribution in [0, 0.1) is 0 Å². The molecule has 1 amide bonds. The molecule has 12 nitrogen and oxygen atoms in total. The van der Waals surface area contributed by atoms with Crippen LogP contribution in [0.5, 0.6) is 17.4 Å². The molecule has 0 atom stereocenters. The Hall–Kier alpha value is -3.93. The van der Waals surface area contributed by atoms with Gasteiger partial charge in [-0.15, -0.1) is 10.2 Å². The van der Waals surface area contributed by atoms with Crippen molar-refractivity contribution in [2.24, 2.45) is 7.05 Å². The van der Waals surface area contributed by atoms with Crippen molar-refractivity contribution in [1.82, 2.24) is 30.3 Å². The van der Waals surface area contributed by atoms with E-state index in [1.807, 2.05) is 5.32 Å². The highest BCUT2D eigenvalue weighted by atomic mass is 16.5. The van der Waals surface area contributed by atoms with E-state index >= 15 is 0 Å². The molecule has 0 saturated heterocycles. The van der Waals surface area contributed by atoms with Gasteiger partial charge in [0.1, 0.15) is 31.0 Å². The molecule has 1 aromatic carbocycles. The molecule has 1 aliphatic heterocycles. The fraction of sp³-hybridized carbons (Fsp3) is 0.350. The van der Waals surface area contributed by atoms with Gasteiger partial charge in [-0.3, -0.25) is 9.48 Å². The van der Waals surface area contributed by atoms with Crippen molar-refractivity contribution >= 4 is 17.3 Å². The lowest BCUT2D eigenvalue weighted by Crippen LogP contribution is -2.21. The number of nitrogens with zero attached hydrogens (tertiary/aromatic N) is 5. The zero-order valence-electron chi connectivity index (χ0n) is 20.4. The van der Waals surface area contributed by atoms with E-state index in [9.17, 15) is 4.79 Å². The fourth-order valence-electron chi connectivity index (χ4n) is 3.07. The number of hydrogen-bond donors (Lipinski definition) is 2. The summed E-state index contributed by atoms with van der Waals surface area (Å²) in [5.41, 5.74) is 0.731. The number of carbonyl (C=O) groups excluding carboxylic acids is 1. The van der Waals surface area contributed by atoms with Crippen molar-refractivity contribution in [2.45, 2.75) is 0 Å². The molecule has 0 aliphatic carbocycles. The monoisotopic (exact) mass is 444 g/mol. The third kappa shape index (κ3) is 4.39. The van der Waals surface area contributed by atoms with Crippen molar-refractivity contribution in [3.8, 4) is 28.8 Å². The summed E-state index contributed by atoms with van der Waals surface area (Å²) in [6.45, 7) is -1.75. The van der Waals surface area contributed by atoms with Gasteiger partial charge >= 0.3 is 0 Å². The van der Waals surface area contributed by atoms with Gasteiger partial charge in [0.2, 0.25) is 5.88 Å². The van der Waals surface area contributed by atoms with Gasteiger partial charge in [0, 0.05) is 24.2 Å². The van der Waals surface area contributed by atoms with E-state index in [-0.39, 0.29) is 37.1 Å². The summed E-state index contributed by atoms with van der Waals surface area (Å²) >= 11 is 0. The number of nitrogens with one attached hydrogen (secondary N) is 2. The van der Waals surface area contributed by atoms with Crippen LogP contribution >= 0.6 is 0 Å². The molecule has 0 radical (unpaired) electrons. The summed E-state index contributed by atoms with van der Waals surface area (Å²) in [5, 5.41) is 17.1. The minimum Gasteiger partial charge on any atom is -0.494 e. The molecular formula is C20H23N7O5. The lowest BCUT2D eigenvalue weighted by atomic mass is 10.1. The lowest BCUT2D eigenvalue weighted by Gasteiger charge is -2.19. The molecular weight excluding hydrogens is 418 g/mol. The summed E-state index contributed by atoms with van der Waals surface area (Å²) in [6, 6.07) is 4.87. The number of aromatic nitrogens is 5. The summed E-state index contributed by atoms with van der Waals surface area (Å²) in [7, 11) is 3.21. The minimum absolute atomic E-state index is 0.102. The van der Waals surface area contributed by atoms with Crippen LogP contribution in [-0.4, -0.2) is 71.4 Å². The Balaban J connectivity index is 1.85. The Morgan fingerprint density at radius 3 is 2.84 bits per heavy atom. The van der Waals surface area contributed by atoms with Gasteiger partial charge in [-0.05, 0) is 12.1 Å². The molecule has 32 heavy (non-hydrogen) atoms. The van der Waals surface area contributed by atoms with Gasteiger partial charge in [-0.2, -0.15) is 5.10 Å². The molecule has 2 N–H and O–H groups in total. The molecule has 12 heteroatoms. The Bertz CT molecular complexity index is 1220. The number of anilines is 2. The maximum absolute atomic E-state index is 12.7. The SMILES string of the molecule is [2H]C([2H])([2H])NC(=O)c1nnc2cc1Nc1c(ccc(-c3ncn(C)n3)c1OC)OCCOCCO2. The van der Waals surface area contributed by atoms with E-state index < -0.39 is 12.9 Å². The smallest absolute Gasteiger partial charge is 0.273 e. The van der Waals surface area contributed by atoms with Crippen LogP contribution in [0.25, 0.3) is 11.4 Å². The molecule has 1 aliphatic rings. The standard InChI is InChI=1S/C20H23N7O5/c1-21-20(28)16-13-10-15(24-25-16)32-9-7-30-6-8-31-14-5-4-12(18(29-3)17(14)23-13)19-22-11-27(2)26-19/h4-5,10-11,23H,6-9H2,1-3H3,(H,21,28)/i1D3. The number of rotatable bonds is 3. The number of hydrogen-bond acceptors (Lipinski definition) is 10. The van der Waals surface area contributed by atoms with Gasteiger partial charge in [0.25, 0.3) is 5.91 Å². The van der Waals surface area contributed by atoms with Crippen LogP contribution in [0.4, 0.5) is 11.4 Å². The summed E-state index contributed by atoms with van der Waals surface area (Å²) in [5.74, 6) is 0.252. The highest BCUT2D eigenvalue weighted by Gasteiger charge is 2.23. The maximum atomic E-state index is 12.7. The molecule has 3 aromatic rings. The van der Waals surface area contributed by atoms with Crippen LogP contribution < -0.4 is 24.8 Å². The van der Waals surface area contributed by atoms with Crippen LogP contribution in [0.1, 0.15) is 14.6 Å². The van der Waals surface area contributed by atoms with Crippen molar-refractivity contribution in [3.05, 3.63) is 30.2 Å². The molecule has 0 spiro atoms. The van der Waals surface area contributed by atoms with Crippen LogP contribution in [-0.2, 0) is 11.8 Å². The molecule has 2 aromatic heterocycles. The highest BCUT2D eigenvalue weighted by molar-refractivity contribution is 5.99. The van der Waals surface area contributed by atoms with Gasteiger partial charge in [-0.1, -0.05) is 0 Å². The van der Waals surface area contributed by atoms with Crippen LogP contribution in [0.15, 0.2) is 24.5 Å². The molecule has 2 bridgehead atoms. The molecule has 168 valence electrons. The van der Waals surface area contributed by atoms with Crippen LogP contribution in [0.2, 0.25) is 0 Å². The first kappa shape index (κ1) is 17.7. The molecule has 0 saturated carbocycles. The van der Waals surface area contributed by atoms with Gasteiger partial charge < -0.3 is 29.6 Å². The largest absolute Gasteiger partial charge is 0.494 e. The van der Waals surface area contributed by atoms with E-state index in [1.165, 1.54) is 13.2 Å². The summed E-state index contributed by atoms with van der Waals surface area (Å²) in [6.07, 6.45) is 1.55. The number of benzene rings is 1. The predicted molar refractivity (Wildman–Crippen MR) is 114 cm³/mol. The summed E-state index contributed by atoms with van der Waals surface area (Å²) < 4.78 is 46.3. The van der Waals surface area contributed by atoms with E-state index in [0.717, 1.165) is 0 Å². The molecule has 0 unspecified atom stereocenters. The quantitative estimate of drug-likeness (QED) is 0.606. The zero-order chi connectivity index (χ0) is 25.0. The summed E-state index contributed by atoms with van der Waals surface area (Å²) in [4.78, 5) is 17.0. The number of aryl methyl sites for hydroxylation is 1. The first-order valence-corrected chi connectivity index (χ1v) is 9.63. The van der Waals surface area contributed by atoms with E-state index in [4.69, 9.17) is 23.1 Å². The van der Waals surface area contributed by atoms with Crippen molar-refractivity contribution in [3.63, 3.8) is 0 Å². The second kappa shape index (κ2) is 9.47. The van der Waals surface area contributed by atoms with Gasteiger partial charge in [0.15, 0.2) is 17.3 Å². The van der Waals surface area contributed by atoms with Crippen molar-refractivity contribution in [1.29, 1.82) is 0 Å². The normalized spacial score (nSPS) is 15.5. The third-order valence-corrected chi connectivity index (χ3v) is 4.49. The van der Waals surface area contributed by atoms with Crippen molar-refractivity contribution in [2.75, 3.05) is 45.8 Å². The van der Waals surface area contributed by atoms with E-state index in [1.54, 1.807) is 30.2 Å². The second-order valence-electron chi connectivity index (χ2n) is 6.59. The number of methoxy groups -OCH3 is 1. The van der Waals surface area contributed by atoms with Gasteiger partial charge in [-0.25, -0.2) is 4.98 Å². The second-order valence-corrected chi connectivity index (χ2v) is 6.59. The minimum atomic E-state index is -2.72. The average molecular weight is 444 g/mol.